The summed E-state index contributed by atoms with van der Waals surface area (Å²) in [6.45, 7) is 0.462. The molecule has 0 radical (unpaired) electrons. The lowest BCUT2D eigenvalue weighted by Gasteiger charge is -2.12. The van der Waals surface area contributed by atoms with Gasteiger partial charge in [-0.05, 0) is 42.4 Å². The number of nitrogens with zero attached hydrogens (tertiary/aromatic N) is 2. The Hall–Kier alpha value is -3.75. The average Bonchev–Trinajstić information content (AvgIpc) is 2.85. The van der Waals surface area contributed by atoms with E-state index in [-0.39, 0.29) is 5.75 Å². The van der Waals surface area contributed by atoms with Crippen LogP contribution < -0.4 is 14.8 Å². The number of nitrogens with one attached hydrogen (secondary N) is 2. The van der Waals surface area contributed by atoms with Gasteiger partial charge in [0.15, 0.2) is 0 Å². The van der Waals surface area contributed by atoms with Crippen LogP contribution in [0, 0.1) is 0 Å². The van der Waals surface area contributed by atoms with Gasteiger partial charge < -0.3 is 10.1 Å². The van der Waals surface area contributed by atoms with Crippen molar-refractivity contribution in [1.82, 2.24) is 14.7 Å². The highest BCUT2D eigenvalue weighted by Gasteiger charge is 2.10. The molecule has 7 nitrogen and oxygen atoms in total. The Kier molecular flexibility index (Phi) is 6.97. The summed E-state index contributed by atoms with van der Waals surface area (Å²) in [4.78, 5) is 8.74. The SMILES string of the molecule is CNS(=O)(=O)Cc1ccc(Nc2cc(-c3ccccc3OCc3ccccc3)ncn2)cc1. The van der Waals surface area contributed by atoms with Gasteiger partial charge in [-0.25, -0.2) is 23.1 Å². The van der Waals surface area contributed by atoms with Gasteiger partial charge in [0, 0.05) is 17.3 Å². The fourth-order valence-electron chi connectivity index (χ4n) is 3.24. The fraction of sp³-hybridized carbons (Fsp3) is 0.120. The van der Waals surface area contributed by atoms with Gasteiger partial charge in [0.25, 0.3) is 0 Å². The first-order chi connectivity index (χ1) is 16.0. The first kappa shape index (κ1) is 22.4. The number of aromatic nitrogens is 2. The third kappa shape index (κ3) is 6.15. The summed E-state index contributed by atoms with van der Waals surface area (Å²) in [7, 11) is -1.90. The number of ether oxygens (including phenoxy) is 1. The van der Waals surface area contributed by atoms with Crippen molar-refractivity contribution < 1.29 is 13.2 Å². The van der Waals surface area contributed by atoms with Crippen LogP contribution in [0.3, 0.4) is 0 Å². The molecule has 0 bridgehead atoms. The molecule has 0 atom stereocenters. The average molecular weight is 461 g/mol. The molecular formula is C25H24N4O3S. The summed E-state index contributed by atoms with van der Waals surface area (Å²) >= 11 is 0. The predicted molar refractivity (Wildman–Crippen MR) is 130 cm³/mol. The van der Waals surface area contributed by atoms with E-state index >= 15 is 0 Å². The summed E-state index contributed by atoms with van der Waals surface area (Å²) in [5, 5.41) is 3.24. The molecule has 0 saturated carbocycles. The van der Waals surface area contributed by atoms with Crippen LogP contribution in [0.1, 0.15) is 11.1 Å². The van der Waals surface area contributed by atoms with E-state index in [0.717, 1.165) is 28.3 Å². The van der Waals surface area contributed by atoms with E-state index in [4.69, 9.17) is 4.74 Å². The van der Waals surface area contributed by atoms with Crippen molar-refractivity contribution in [2.75, 3.05) is 12.4 Å². The maximum atomic E-state index is 11.7. The summed E-state index contributed by atoms with van der Waals surface area (Å²) in [6.07, 6.45) is 1.50. The van der Waals surface area contributed by atoms with Crippen LogP contribution in [0.5, 0.6) is 5.75 Å². The highest BCUT2D eigenvalue weighted by molar-refractivity contribution is 7.88. The summed E-state index contributed by atoms with van der Waals surface area (Å²) in [5.74, 6) is 1.29. The second-order valence-corrected chi connectivity index (χ2v) is 9.27. The molecule has 0 spiro atoms. The smallest absolute Gasteiger partial charge is 0.215 e. The Labute approximate surface area is 193 Å². The van der Waals surface area contributed by atoms with Gasteiger partial charge in [0.05, 0.1) is 11.4 Å². The minimum Gasteiger partial charge on any atom is -0.488 e. The van der Waals surface area contributed by atoms with Crippen molar-refractivity contribution >= 4 is 21.5 Å². The summed E-state index contributed by atoms with van der Waals surface area (Å²) in [5.41, 5.74) is 4.17. The molecular weight excluding hydrogens is 436 g/mol. The Balaban J connectivity index is 1.49. The molecule has 1 aromatic heterocycles. The quantitative estimate of drug-likeness (QED) is 0.382. The zero-order chi connectivity index (χ0) is 23.1. The molecule has 8 heteroatoms. The Morgan fingerprint density at radius 1 is 0.848 bits per heavy atom. The van der Waals surface area contributed by atoms with Gasteiger partial charge in [0.1, 0.15) is 24.5 Å². The molecule has 33 heavy (non-hydrogen) atoms. The maximum absolute atomic E-state index is 11.7. The van der Waals surface area contributed by atoms with Gasteiger partial charge in [-0.15, -0.1) is 0 Å². The van der Waals surface area contributed by atoms with Crippen LogP contribution in [0.25, 0.3) is 11.3 Å². The second-order valence-electron chi connectivity index (χ2n) is 7.34. The van der Waals surface area contributed by atoms with Crippen molar-refractivity contribution in [3.63, 3.8) is 0 Å². The molecule has 0 aliphatic rings. The van der Waals surface area contributed by atoms with E-state index < -0.39 is 10.0 Å². The molecule has 1 heterocycles. The molecule has 4 rings (SSSR count). The number of rotatable bonds is 9. The molecule has 168 valence electrons. The standard InChI is InChI=1S/C25H24N4O3S/c1-26-33(30,31)17-20-11-13-21(14-12-20)29-25-15-23(27-18-28-25)22-9-5-6-10-24(22)32-16-19-7-3-2-4-8-19/h2-15,18,26H,16-17H2,1H3,(H,27,28,29). The monoisotopic (exact) mass is 460 g/mol. The van der Waals surface area contributed by atoms with E-state index in [1.165, 1.54) is 13.4 Å². The van der Waals surface area contributed by atoms with Gasteiger partial charge >= 0.3 is 0 Å². The maximum Gasteiger partial charge on any atom is 0.215 e. The summed E-state index contributed by atoms with van der Waals surface area (Å²) < 4.78 is 31.8. The van der Waals surface area contributed by atoms with Crippen molar-refractivity contribution in [3.8, 4) is 17.0 Å². The highest BCUT2D eigenvalue weighted by Crippen LogP contribution is 2.30. The van der Waals surface area contributed by atoms with Crippen LogP contribution in [0.4, 0.5) is 11.5 Å². The van der Waals surface area contributed by atoms with Crippen LogP contribution >= 0.6 is 0 Å². The molecule has 0 saturated heterocycles. The fourth-order valence-corrected chi connectivity index (χ4v) is 4.01. The number of hydrogen-bond acceptors (Lipinski definition) is 6. The Morgan fingerprint density at radius 2 is 1.58 bits per heavy atom. The van der Waals surface area contributed by atoms with Crippen molar-refractivity contribution in [2.45, 2.75) is 12.4 Å². The first-order valence-corrected chi connectivity index (χ1v) is 12.0. The molecule has 3 aromatic carbocycles. The molecule has 0 unspecified atom stereocenters. The van der Waals surface area contributed by atoms with Crippen molar-refractivity contribution in [1.29, 1.82) is 0 Å². The molecule has 0 fully saturated rings. The first-order valence-electron chi connectivity index (χ1n) is 10.4. The lowest BCUT2D eigenvalue weighted by Crippen LogP contribution is -2.20. The van der Waals surface area contributed by atoms with Crippen LogP contribution in [-0.2, 0) is 22.4 Å². The molecule has 0 aliphatic carbocycles. The number of hydrogen-bond donors (Lipinski definition) is 2. The van der Waals surface area contributed by atoms with Gasteiger partial charge in [-0.3, -0.25) is 0 Å². The van der Waals surface area contributed by atoms with Crippen LogP contribution in [0.15, 0.2) is 91.3 Å². The number of sulfonamides is 1. The van der Waals surface area contributed by atoms with E-state index in [1.54, 1.807) is 12.1 Å². The van der Waals surface area contributed by atoms with E-state index in [1.807, 2.05) is 72.8 Å². The largest absolute Gasteiger partial charge is 0.488 e. The van der Waals surface area contributed by atoms with E-state index in [2.05, 4.69) is 20.0 Å². The third-order valence-electron chi connectivity index (χ3n) is 4.96. The zero-order valence-electron chi connectivity index (χ0n) is 18.1. The third-order valence-corrected chi connectivity index (χ3v) is 6.30. The Morgan fingerprint density at radius 3 is 2.33 bits per heavy atom. The minimum atomic E-state index is -3.31. The highest BCUT2D eigenvalue weighted by atomic mass is 32.2. The van der Waals surface area contributed by atoms with E-state index in [9.17, 15) is 8.42 Å². The van der Waals surface area contributed by atoms with Crippen LogP contribution in [-0.4, -0.2) is 25.4 Å². The summed E-state index contributed by atoms with van der Waals surface area (Å²) in [6, 6.07) is 26.8. The number of benzene rings is 3. The predicted octanol–water partition coefficient (Wildman–Crippen LogP) is 4.52. The van der Waals surface area contributed by atoms with Gasteiger partial charge in [0.2, 0.25) is 10.0 Å². The number of anilines is 2. The second kappa shape index (κ2) is 10.2. The lowest BCUT2D eigenvalue weighted by molar-refractivity contribution is 0.307. The van der Waals surface area contributed by atoms with Crippen molar-refractivity contribution in [2.24, 2.45) is 0 Å². The molecule has 0 amide bonds. The topological polar surface area (TPSA) is 93.2 Å². The van der Waals surface area contributed by atoms with Crippen LogP contribution in [0.2, 0.25) is 0 Å². The molecule has 0 aliphatic heterocycles. The molecule has 4 aromatic rings. The Bertz CT molecular complexity index is 1310. The van der Waals surface area contributed by atoms with Gasteiger partial charge in [-0.2, -0.15) is 0 Å². The normalized spacial score (nSPS) is 11.2. The zero-order valence-corrected chi connectivity index (χ0v) is 18.9. The van der Waals surface area contributed by atoms with Crippen molar-refractivity contribution in [3.05, 3.63) is 102 Å². The molecule has 2 N–H and O–H groups in total. The number of para-hydroxylation sites is 1. The lowest BCUT2D eigenvalue weighted by atomic mass is 10.1. The van der Waals surface area contributed by atoms with E-state index in [0.29, 0.717) is 18.0 Å². The van der Waals surface area contributed by atoms with Gasteiger partial charge in [-0.1, -0.05) is 54.6 Å². The minimum absolute atomic E-state index is 0.0683.